The molecule has 0 aliphatic carbocycles. The summed E-state index contributed by atoms with van der Waals surface area (Å²) in [5, 5.41) is 9.36. The van der Waals surface area contributed by atoms with Gasteiger partial charge in [0, 0.05) is 56.5 Å². The molecule has 0 unspecified atom stereocenters. The maximum atomic E-state index is 12.1. The third-order valence-electron chi connectivity index (χ3n) is 3.77. The molecule has 0 aromatic heterocycles. The van der Waals surface area contributed by atoms with Crippen molar-refractivity contribution in [2.45, 2.75) is 13.3 Å². The molecular formula is C19H33BrIN5O2. The molecule has 160 valence electrons. The fourth-order valence-electron chi connectivity index (χ4n) is 2.35. The number of carbonyl (C=O) groups excluding carboxylic acids is 1. The summed E-state index contributed by atoms with van der Waals surface area (Å²) in [6.45, 7) is 7.33. The van der Waals surface area contributed by atoms with Gasteiger partial charge in [-0.25, -0.2) is 0 Å². The Morgan fingerprint density at radius 1 is 1.21 bits per heavy atom. The number of guanidine groups is 1. The summed E-state index contributed by atoms with van der Waals surface area (Å²) in [6.07, 6.45) is 1.02. The first-order valence-electron chi connectivity index (χ1n) is 9.30. The minimum atomic E-state index is -0.0854. The second-order valence-electron chi connectivity index (χ2n) is 6.10. The first-order chi connectivity index (χ1) is 13.1. The number of halogens is 2. The van der Waals surface area contributed by atoms with Crippen LogP contribution in [0.1, 0.15) is 23.7 Å². The van der Waals surface area contributed by atoms with Gasteiger partial charge in [-0.2, -0.15) is 0 Å². The zero-order valence-electron chi connectivity index (χ0n) is 17.0. The van der Waals surface area contributed by atoms with Crippen molar-refractivity contribution in [1.82, 2.24) is 20.9 Å². The number of methoxy groups -OCH3 is 1. The minimum absolute atomic E-state index is 0. The molecule has 28 heavy (non-hydrogen) atoms. The second-order valence-corrected chi connectivity index (χ2v) is 7.02. The Labute approximate surface area is 194 Å². The third kappa shape index (κ3) is 12.5. The van der Waals surface area contributed by atoms with E-state index in [2.05, 4.69) is 48.8 Å². The number of nitrogens with one attached hydrogen (secondary N) is 3. The first kappa shape index (κ1) is 27.1. The van der Waals surface area contributed by atoms with Crippen LogP contribution in [0.4, 0.5) is 0 Å². The van der Waals surface area contributed by atoms with Gasteiger partial charge in [0.1, 0.15) is 0 Å². The normalized spacial score (nSPS) is 11.1. The first-order valence-corrected chi connectivity index (χ1v) is 10.1. The fourth-order valence-corrected chi connectivity index (χ4v) is 2.75. The molecule has 0 spiro atoms. The molecule has 1 rings (SSSR count). The third-order valence-corrected chi connectivity index (χ3v) is 4.27. The van der Waals surface area contributed by atoms with Crippen molar-refractivity contribution in [2.75, 3.05) is 60.0 Å². The lowest BCUT2D eigenvalue weighted by atomic mass is 10.2. The van der Waals surface area contributed by atoms with Crippen molar-refractivity contribution >= 4 is 51.8 Å². The van der Waals surface area contributed by atoms with Crippen LogP contribution >= 0.6 is 39.9 Å². The molecule has 0 bridgehead atoms. The predicted molar refractivity (Wildman–Crippen MR) is 130 cm³/mol. The largest absolute Gasteiger partial charge is 0.385 e. The van der Waals surface area contributed by atoms with Crippen molar-refractivity contribution in [3.63, 3.8) is 0 Å². The van der Waals surface area contributed by atoms with Crippen LogP contribution in [0.15, 0.2) is 33.7 Å². The highest BCUT2D eigenvalue weighted by Crippen LogP contribution is 2.11. The van der Waals surface area contributed by atoms with Crippen LogP contribution in [-0.2, 0) is 4.74 Å². The van der Waals surface area contributed by atoms with Gasteiger partial charge in [-0.15, -0.1) is 24.0 Å². The van der Waals surface area contributed by atoms with E-state index in [1.807, 2.05) is 19.1 Å². The number of ether oxygens (including phenoxy) is 1. The number of benzene rings is 1. The molecule has 0 aliphatic rings. The van der Waals surface area contributed by atoms with Crippen LogP contribution in [0.2, 0.25) is 0 Å². The summed E-state index contributed by atoms with van der Waals surface area (Å²) < 4.78 is 5.96. The van der Waals surface area contributed by atoms with Gasteiger partial charge in [0.2, 0.25) is 0 Å². The molecule has 9 heteroatoms. The summed E-state index contributed by atoms with van der Waals surface area (Å²) in [4.78, 5) is 18.9. The van der Waals surface area contributed by atoms with Crippen LogP contribution < -0.4 is 16.0 Å². The number of nitrogens with zero attached hydrogens (tertiary/aromatic N) is 2. The van der Waals surface area contributed by atoms with Gasteiger partial charge in [-0.05, 0) is 38.6 Å². The Kier molecular flexibility index (Phi) is 16.4. The van der Waals surface area contributed by atoms with Crippen molar-refractivity contribution in [2.24, 2.45) is 4.99 Å². The summed E-state index contributed by atoms with van der Waals surface area (Å²) >= 11 is 3.37. The molecule has 3 N–H and O–H groups in total. The summed E-state index contributed by atoms with van der Waals surface area (Å²) in [6, 6.07) is 7.34. The average molecular weight is 570 g/mol. The van der Waals surface area contributed by atoms with Gasteiger partial charge in [0.15, 0.2) is 5.96 Å². The topological polar surface area (TPSA) is 78.0 Å². The number of hydrogen-bond acceptors (Lipinski definition) is 4. The van der Waals surface area contributed by atoms with Gasteiger partial charge in [-0.3, -0.25) is 9.79 Å². The van der Waals surface area contributed by atoms with E-state index in [1.54, 1.807) is 19.2 Å². The standard InChI is InChI=1S/C19H32BrN5O2.HI/c1-4-21-19(24-11-13-25(2)12-6-14-27-3)23-10-9-22-18(26)16-7-5-8-17(20)15-16;/h5,7-8,15H,4,6,9-14H2,1-3H3,(H,22,26)(H2,21,23,24);1H. The molecule has 0 radical (unpaired) electrons. The van der Waals surface area contributed by atoms with E-state index in [0.29, 0.717) is 25.2 Å². The Bertz CT molecular complexity index is 589. The van der Waals surface area contributed by atoms with E-state index >= 15 is 0 Å². The van der Waals surface area contributed by atoms with Crippen molar-refractivity contribution in [1.29, 1.82) is 0 Å². The highest BCUT2D eigenvalue weighted by atomic mass is 127. The summed E-state index contributed by atoms with van der Waals surface area (Å²) in [7, 11) is 3.81. The highest BCUT2D eigenvalue weighted by molar-refractivity contribution is 14.0. The maximum absolute atomic E-state index is 12.1. The van der Waals surface area contributed by atoms with Crippen LogP contribution in [0.25, 0.3) is 0 Å². The second kappa shape index (κ2) is 17.0. The molecule has 1 amide bonds. The Balaban J connectivity index is 0.00000729. The van der Waals surface area contributed by atoms with E-state index < -0.39 is 0 Å². The van der Waals surface area contributed by atoms with E-state index in [-0.39, 0.29) is 29.9 Å². The van der Waals surface area contributed by atoms with Crippen LogP contribution in [-0.4, -0.2) is 76.8 Å². The van der Waals surface area contributed by atoms with Crippen molar-refractivity contribution in [3.05, 3.63) is 34.3 Å². The van der Waals surface area contributed by atoms with Gasteiger partial charge in [-0.1, -0.05) is 22.0 Å². The molecule has 0 fully saturated rings. The van der Waals surface area contributed by atoms with Crippen molar-refractivity contribution in [3.8, 4) is 0 Å². The maximum Gasteiger partial charge on any atom is 0.251 e. The lowest BCUT2D eigenvalue weighted by Crippen LogP contribution is -2.42. The van der Waals surface area contributed by atoms with Gasteiger partial charge in [0.05, 0.1) is 6.54 Å². The number of carbonyl (C=O) groups is 1. The monoisotopic (exact) mass is 569 g/mol. The van der Waals surface area contributed by atoms with Crippen LogP contribution in [0, 0.1) is 0 Å². The molecule has 0 saturated carbocycles. The van der Waals surface area contributed by atoms with Gasteiger partial charge < -0.3 is 25.6 Å². The fraction of sp³-hybridized carbons (Fsp3) is 0.579. The highest BCUT2D eigenvalue weighted by Gasteiger charge is 2.05. The van der Waals surface area contributed by atoms with Gasteiger partial charge >= 0.3 is 0 Å². The minimum Gasteiger partial charge on any atom is -0.385 e. The Morgan fingerprint density at radius 3 is 2.64 bits per heavy atom. The molecular weight excluding hydrogens is 537 g/mol. The van der Waals surface area contributed by atoms with Crippen molar-refractivity contribution < 1.29 is 9.53 Å². The van der Waals surface area contributed by atoms with Gasteiger partial charge in [0.25, 0.3) is 5.91 Å². The molecule has 0 saturated heterocycles. The number of aliphatic imine (C=N–C) groups is 1. The summed E-state index contributed by atoms with van der Waals surface area (Å²) in [5.41, 5.74) is 0.640. The summed E-state index contributed by atoms with van der Waals surface area (Å²) in [5.74, 6) is 0.678. The number of rotatable bonds is 12. The predicted octanol–water partition coefficient (Wildman–Crippen LogP) is 2.32. The number of likely N-dealkylation sites (N-methyl/N-ethyl adjacent to an activating group) is 1. The molecule has 1 aromatic rings. The molecule has 7 nitrogen and oxygen atoms in total. The molecule has 1 aromatic carbocycles. The van der Waals surface area contributed by atoms with E-state index in [1.165, 1.54) is 0 Å². The van der Waals surface area contributed by atoms with Crippen LogP contribution in [0.5, 0.6) is 0 Å². The van der Waals surface area contributed by atoms with E-state index in [0.717, 1.165) is 43.1 Å². The SMILES string of the molecule is CCNC(=NCCN(C)CCCOC)NCCNC(=O)c1cccc(Br)c1.I. The molecule has 0 atom stereocenters. The number of amides is 1. The molecule has 0 heterocycles. The molecule has 0 aliphatic heterocycles. The Morgan fingerprint density at radius 2 is 1.96 bits per heavy atom. The number of hydrogen-bond donors (Lipinski definition) is 3. The Hall–Kier alpha value is -0.910. The zero-order valence-corrected chi connectivity index (χ0v) is 20.9. The zero-order chi connectivity index (χ0) is 19.9. The van der Waals surface area contributed by atoms with E-state index in [4.69, 9.17) is 4.74 Å². The van der Waals surface area contributed by atoms with E-state index in [9.17, 15) is 4.79 Å². The quantitative estimate of drug-likeness (QED) is 0.156. The lowest BCUT2D eigenvalue weighted by molar-refractivity contribution is 0.0954. The average Bonchev–Trinajstić information content (AvgIpc) is 2.65. The lowest BCUT2D eigenvalue weighted by Gasteiger charge is -2.16. The van der Waals surface area contributed by atoms with Crippen LogP contribution in [0.3, 0.4) is 0 Å². The smallest absolute Gasteiger partial charge is 0.251 e.